The van der Waals surface area contributed by atoms with Crippen molar-refractivity contribution >= 4 is 11.8 Å². The van der Waals surface area contributed by atoms with E-state index in [0.717, 1.165) is 63.4 Å². The lowest BCUT2D eigenvalue weighted by molar-refractivity contribution is -0.160. The molecule has 5 fully saturated rings. The quantitative estimate of drug-likeness (QED) is 0.471. The molecule has 0 atom stereocenters. The Morgan fingerprint density at radius 2 is 1.55 bits per heavy atom. The molecule has 1 aromatic carbocycles. The van der Waals surface area contributed by atoms with Gasteiger partial charge in [0, 0.05) is 32.7 Å². The Hall–Kier alpha value is -2.64. The van der Waals surface area contributed by atoms with Crippen LogP contribution in [-0.4, -0.2) is 72.5 Å². The van der Waals surface area contributed by atoms with Crippen LogP contribution in [0.1, 0.15) is 49.8 Å². The summed E-state index contributed by atoms with van der Waals surface area (Å²) in [7, 11) is 0. The molecule has 4 saturated carbocycles. The number of carbonyl (C=O) groups excluding carboxylic acids is 2. The molecule has 0 unspecified atom stereocenters. The van der Waals surface area contributed by atoms with E-state index in [-0.39, 0.29) is 23.8 Å². The molecule has 1 aromatic heterocycles. The fraction of sp³-hybridized carbons (Fsp3) is 0.613. The summed E-state index contributed by atoms with van der Waals surface area (Å²) < 4.78 is 11.1. The van der Waals surface area contributed by atoms with Crippen molar-refractivity contribution in [3.8, 4) is 0 Å². The average molecular weight is 520 g/mol. The molecule has 7 heteroatoms. The Morgan fingerprint density at radius 1 is 0.868 bits per heavy atom. The first kappa shape index (κ1) is 25.6. The van der Waals surface area contributed by atoms with Crippen molar-refractivity contribution in [1.29, 1.82) is 0 Å². The van der Waals surface area contributed by atoms with Crippen LogP contribution in [0.3, 0.4) is 0 Å². The molecule has 7 rings (SSSR count). The van der Waals surface area contributed by atoms with Gasteiger partial charge >= 0.3 is 0 Å². The lowest BCUT2D eigenvalue weighted by atomic mass is 9.49. The second-order valence-electron chi connectivity index (χ2n) is 12.2. The molecule has 2 heterocycles. The second kappa shape index (κ2) is 11.2. The standard InChI is InChI=1S/C31H41N3O4/c35-29(34(22-28-7-4-12-38-28)21-24-5-2-1-3-6-24)23-33(9-8-32-10-13-37-14-11-32)30(36)31-18-25-15-26(19-31)17-27(16-25)20-31/h1-7,12,25-27H,8-11,13-23H2. The van der Waals surface area contributed by atoms with Gasteiger partial charge < -0.3 is 19.0 Å². The fourth-order valence-electron chi connectivity index (χ4n) is 7.94. The number of morpholine rings is 1. The third kappa shape index (κ3) is 5.69. The normalized spacial score (nSPS) is 28.4. The zero-order valence-corrected chi connectivity index (χ0v) is 22.4. The van der Waals surface area contributed by atoms with Gasteiger partial charge in [-0.15, -0.1) is 0 Å². The van der Waals surface area contributed by atoms with E-state index in [9.17, 15) is 9.59 Å². The number of ether oxygens (including phenoxy) is 1. The van der Waals surface area contributed by atoms with Gasteiger partial charge in [-0.3, -0.25) is 14.5 Å². The van der Waals surface area contributed by atoms with E-state index < -0.39 is 0 Å². The van der Waals surface area contributed by atoms with Gasteiger partial charge in [-0.1, -0.05) is 30.3 Å². The summed E-state index contributed by atoms with van der Waals surface area (Å²) in [5.41, 5.74) is 0.811. The maximum absolute atomic E-state index is 14.4. The van der Waals surface area contributed by atoms with Crippen LogP contribution >= 0.6 is 0 Å². The number of nitrogens with zero attached hydrogens (tertiary/aromatic N) is 3. The Balaban J connectivity index is 1.21. The van der Waals surface area contributed by atoms with E-state index in [0.29, 0.717) is 37.4 Å². The number of hydrogen-bond acceptors (Lipinski definition) is 5. The minimum Gasteiger partial charge on any atom is -0.467 e. The van der Waals surface area contributed by atoms with Crippen LogP contribution in [0, 0.1) is 23.2 Å². The molecule has 4 aliphatic carbocycles. The third-order valence-electron chi connectivity index (χ3n) is 9.39. The zero-order valence-electron chi connectivity index (χ0n) is 22.4. The van der Waals surface area contributed by atoms with Crippen molar-refractivity contribution in [2.45, 2.75) is 51.6 Å². The largest absolute Gasteiger partial charge is 0.467 e. The molecule has 2 aromatic rings. The summed E-state index contributed by atoms with van der Waals surface area (Å²) in [5.74, 6) is 3.03. The monoisotopic (exact) mass is 519 g/mol. The Kier molecular flexibility index (Phi) is 7.57. The van der Waals surface area contributed by atoms with Gasteiger partial charge in [0.25, 0.3) is 0 Å². The first-order valence-electron chi connectivity index (χ1n) is 14.5. The van der Waals surface area contributed by atoms with Gasteiger partial charge in [0.05, 0.1) is 38.0 Å². The average Bonchev–Trinajstić information content (AvgIpc) is 3.44. The molecule has 0 N–H and O–H groups in total. The summed E-state index contributed by atoms with van der Waals surface area (Å²) in [6, 6.07) is 13.8. The summed E-state index contributed by atoms with van der Waals surface area (Å²) >= 11 is 0. The third-order valence-corrected chi connectivity index (χ3v) is 9.39. The van der Waals surface area contributed by atoms with E-state index in [1.54, 1.807) is 6.26 Å². The highest BCUT2D eigenvalue weighted by Gasteiger charge is 2.55. The first-order valence-corrected chi connectivity index (χ1v) is 14.5. The second-order valence-corrected chi connectivity index (χ2v) is 12.2. The zero-order chi connectivity index (χ0) is 26.0. The van der Waals surface area contributed by atoms with Gasteiger partial charge in [-0.05, 0) is 74.0 Å². The highest BCUT2D eigenvalue weighted by molar-refractivity contribution is 5.88. The van der Waals surface area contributed by atoms with Gasteiger partial charge in [0.15, 0.2) is 0 Å². The topological polar surface area (TPSA) is 66.2 Å². The van der Waals surface area contributed by atoms with Gasteiger partial charge in [0.2, 0.25) is 11.8 Å². The van der Waals surface area contributed by atoms with Crippen molar-refractivity contribution in [1.82, 2.24) is 14.7 Å². The Labute approximate surface area is 226 Å². The highest BCUT2D eigenvalue weighted by Crippen LogP contribution is 2.60. The number of benzene rings is 1. The van der Waals surface area contributed by atoms with Crippen molar-refractivity contribution in [3.63, 3.8) is 0 Å². The minimum absolute atomic E-state index is 0.0229. The van der Waals surface area contributed by atoms with Crippen molar-refractivity contribution in [2.75, 3.05) is 45.9 Å². The summed E-state index contributed by atoms with van der Waals surface area (Å²) in [4.78, 5) is 34.4. The molecule has 204 valence electrons. The molecule has 2 amide bonds. The number of amides is 2. The maximum Gasteiger partial charge on any atom is 0.242 e. The van der Waals surface area contributed by atoms with Crippen LogP contribution in [0.2, 0.25) is 0 Å². The molecular formula is C31H41N3O4. The van der Waals surface area contributed by atoms with Gasteiger partial charge in [-0.25, -0.2) is 0 Å². The predicted octanol–water partition coefficient (Wildman–Crippen LogP) is 4.19. The predicted molar refractivity (Wildman–Crippen MR) is 144 cm³/mol. The molecule has 1 aliphatic heterocycles. The molecule has 0 radical (unpaired) electrons. The van der Waals surface area contributed by atoms with Crippen LogP contribution in [0.15, 0.2) is 53.1 Å². The van der Waals surface area contributed by atoms with Crippen molar-refractivity contribution < 1.29 is 18.7 Å². The number of rotatable bonds is 10. The van der Waals surface area contributed by atoms with Crippen molar-refractivity contribution in [2.24, 2.45) is 23.2 Å². The van der Waals surface area contributed by atoms with E-state index in [4.69, 9.17) is 9.15 Å². The lowest BCUT2D eigenvalue weighted by Crippen LogP contribution is -2.57. The summed E-state index contributed by atoms with van der Waals surface area (Å²) in [6.07, 6.45) is 8.58. The van der Waals surface area contributed by atoms with Gasteiger partial charge in [0.1, 0.15) is 5.76 Å². The van der Waals surface area contributed by atoms with Crippen LogP contribution < -0.4 is 0 Å². The van der Waals surface area contributed by atoms with E-state index in [1.165, 1.54) is 19.3 Å². The summed E-state index contributed by atoms with van der Waals surface area (Å²) in [6.45, 7) is 5.60. The number of carbonyl (C=O) groups is 2. The maximum atomic E-state index is 14.4. The lowest BCUT2D eigenvalue weighted by Gasteiger charge is -2.56. The van der Waals surface area contributed by atoms with Gasteiger partial charge in [-0.2, -0.15) is 0 Å². The van der Waals surface area contributed by atoms with E-state index in [1.807, 2.05) is 52.3 Å². The molecule has 4 bridgehead atoms. The fourth-order valence-corrected chi connectivity index (χ4v) is 7.94. The highest BCUT2D eigenvalue weighted by atomic mass is 16.5. The smallest absolute Gasteiger partial charge is 0.242 e. The number of furan rings is 1. The molecule has 1 saturated heterocycles. The molecule has 7 nitrogen and oxygen atoms in total. The van der Waals surface area contributed by atoms with Crippen LogP contribution in [-0.2, 0) is 27.4 Å². The molecule has 0 spiro atoms. The SMILES string of the molecule is O=C(CN(CCN1CCOCC1)C(=O)C12CC3CC(CC(C3)C1)C2)N(Cc1ccccc1)Cc1ccco1. The van der Waals surface area contributed by atoms with Crippen LogP contribution in [0.25, 0.3) is 0 Å². The molecule has 38 heavy (non-hydrogen) atoms. The molecular weight excluding hydrogens is 478 g/mol. The Bertz CT molecular complexity index is 1040. The number of hydrogen-bond donors (Lipinski definition) is 0. The first-order chi connectivity index (χ1) is 18.6. The minimum atomic E-state index is -0.259. The van der Waals surface area contributed by atoms with E-state index in [2.05, 4.69) is 4.90 Å². The van der Waals surface area contributed by atoms with Crippen molar-refractivity contribution in [3.05, 3.63) is 60.1 Å². The summed E-state index contributed by atoms with van der Waals surface area (Å²) in [5, 5.41) is 0. The molecule has 5 aliphatic rings. The van der Waals surface area contributed by atoms with Crippen LogP contribution in [0.5, 0.6) is 0 Å². The Morgan fingerprint density at radius 3 is 2.18 bits per heavy atom. The van der Waals surface area contributed by atoms with Crippen LogP contribution in [0.4, 0.5) is 0 Å². The van der Waals surface area contributed by atoms with E-state index >= 15 is 0 Å².